The van der Waals surface area contributed by atoms with Gasteiger partial charge in [0.05, 0.1) is 39.8 Å². The number of aliphatic carboxylic acids is 1. The van der Waals surface area contributed by atoms with Gasteiger partial charge in [-0.3, -0.25) is 4.79 Å². The number of ether oxygens (including phenoxy) is 1. The quantitative estimate of drug-likeness (QED) is 0.147. The first-order valence-electron chi connectivity index (χ1n) is 11.4. The SMILES string of the molecule is CCCCCCCC(C)(C)OCCCCCO[P@](O)OC(CC(=O)O)C[N+](C)(C)C.[OH-]. The molecule has 0 bridgehead atoms. The van der Waals surface area contributed by atoms with Gasteiger partial charge < -0.3 is 33.7 Å². The van der Waals surface area contributed by atoms with Crippen molar-refractivity contribution in [1.29, 1.82) is 0 Å². The van der Waals surface area contributed by atoms with E-state index < -0.39 is 20.7 Å². The summed E-state index contributed by atoms with van der Waals surface area (Å²) in [6.07, 6.45) is 9.50. The molecule has 188 valence electrons. The van der Waals surface area contributed by atoms with Crippen molar-refractivity contribution in [2.75, 3.05) is 40.9 Å². The van der Waals surface area contributed by atoms with Crippen LogP contribution in [0.2, 0.25) is 0 Å². The Bertz CT molecular complexity index is 444. The largest absolute Gasteiger partial charge is 0.870 e. The highest BCUT2D eigenvalue weighted by Gasteiger charge is 2.25. The molecule has 0 saturated carbocycles. The van der Waals surface area contributed by atoms with E-state index in [1.807, 2.05) is 21.1 Å². The molecule has 0 amide bonds. The van der Waals surface area contributed by atoms with E-state index in [4.69, 9.17) is 18.9 Å². The highest BCUT2D eigenvalue weighted by molar-refractivity contribution is 7.40. The number of hydrogen-bond donors (Lipinski definition) is 2. The van der Waals surface area contributed by atoms with Crippen molar-refractivity contribution < 1.29 is 38.5 Å². The second-order valence-electron chi connectivity index (χ2n) is 9.70. The summed E-state index contributed by atoms with van der Waals surface area (Å²) in [4.78, 5) is 21.0. The van der Waals surface area contributed by atoms with E-state index in [1.54, 1.807) is 0 Å². The van der Waals surface area contributed by atoms with Crippen LogP contribution in [0.25, 0.3) is 0 Å². The van der Waals surface area contributed by atoms with Gasteiger partial charge in [-0.2, -0.15) is 0 Å². The molecule has 9 heteroatoms. The van der Waals surface area contributed by atoms with Crippen LogP contribution in [0.3, 0.4) is 0 Å². The number of quaternary nitrogens is 1. The maximum absolute atomic E-state index is 11.0. The van der Waals surface area contributed by atoms with Crippen molar-refractivity contribution in [2.24, 2.45) is 0 Å². The molecule has 0 spiro atoms. The predicted molar refractivity (Wildman–Crippen MR) is 124 cm³/mol. The van der Waals surface area contributed by atoms with Crippen LogP contribution < -0.4 is 0 Å². The van der Waals surface area contributed by atoms with Crippen LogP contribution in [0.5, 0.6) is 0 Å². The summed E-state index contributed by atoms with van der Waals surface area (Å²) in [6.45, 7) is 8.17. The lowest BCUT2D eigenvalue weighted by Crippen LogP contribution is -2.42. The van der Waals surface area contributed by atoms with Crippen molar-refractivity contribution >= 4 is 14.6 Å². The molecule has 1 unspecified atom stereocenters. The van der Waals surface area contributed by atoms with E-state index in [0.717, 1.165) is 32.3 Å². The molecule has 0 heterocycles. The van der Waals surface area contributed by atoms with E-state index in [2.05, 4.69) is 20.8 Å². The second kappa shape index (κ2) is 18.1. The molecule has 0 saturated heterocycles. The topological polar surface area (TPSA) is 115 Å². The molecule has 0 aliphatic rings. The molecule has 0 rings (SSSR count). The van der Waals surface area contributed by atoms with E-state index in [1.165, 1.54) is 32.1 Å². The summed E-state index contributed by atoms with van der Waals surface area (Å²) in [5, 5.41) is 9.02. The van der Waals surface area contributed by atoms with Crippen LogP contribution in [-0.2, 0) is 18.6 Å². The lowest BCUT2D eigenvalue weighted by molar-refractivity contribution is -0.873. The summed E-state index contributed by atoms with van der Waals surface area (Å²) < 4.78 is 17.4. The molecule has 0 fully saturated rings. The van der Waals surface area contributed by atoms with Crippen molar-refractivity contribution in [3.63, 3.8) is 0 Å². The van der Waals surface area contributed by atoms with Gasteiger partial charge in [0.2, 0.25) is 0 Å². The van der Waals surface area contributed by atoms with E-state index in [9.17, 15) is 9.69 Å². The number of carboxylic acids is 1. The molecule has 8 nitrogen and oxygen atoms in total. The molecular weight excluding hydrogens is 421 g/mol. The number of nitrogens with zero attached hydrogens (tertiary/aromatic N) is 1. The van der Waals surface area contributed by atoms with Crippen LogP contribution in [0.15, 0.2) is 0 Å². The van der Waals surface area contributed by atoms with Gasteiger partial charge in [-0.15, -0.1) is 0 Å². The first-order chi connectivity index (χ1) is 13.9. The van der Waals surface area contributed by atoms with Crippen LogP contribution in [0.1, 0.15) is 85.0 Å². The van der Waals surface area contributed by atoms with Gasteiger partial charge >= 0.3 is 14.6 Å². The maximum atomic E-state index is 11.0. The third kappa shape index (κ3) is 22.6. The summed E-state index contributed by atoms with van der Waals surface area (Å²) in [5.41, 5.74) is -0.0688. The zero-order valence-electron chi connectivity index (χ0n) is 20.6. The lowest BCUT2D eigenvalue weighted by atomic mass is 9.99. The molecule has 0 aliphatic carbocycles. The first kappa shape index (κ1) is 32.8. The average Bonchev–Trinajstić information content (AvgIpc) is 2.58. The van der Waals surface area contributed by atoms with Crippen molar-refractivity contribution in [2.45, 2.75) is 96.7 Å². The Labute approximate surface area is 191 Å². The minimum atomic E-state index is -2.06. The summed E-state index contributed by atoms with van der Waals surface area (Å²) in [5.74, 6) is -0.944. The van der Waals surface area contributed by atoms with Crippen molar-refractivity contribution in [1.82, 2.24) is 0 Å². The Kier molecular flexibility index (Phi) is 19.2. The smallest absolute Gasteiger partial charge is 0.330 e. The van der Waals surface area contributed by atoms with Crippen LogP contribution in [0.4, 0.5) is 0 Å². The maximum Gasteiger partial charge on any atom is 0.330 e. The van der Waals surface area contributed by atoms with Crippen LogP contribution in [0, 0.1) is 0 Å². The van der Waals surface area contributed by atoms with Crippen molar-refractivity contribution in [3.8, 4) is 0 Å². The summed E-state index contributed by atoms with van der Waals surface area (Å²) >= 11 is 0. The molecule has 3 N–H and O–H groups in total. The Morgan fingerprint density at radius 3 is 2.16 bits per heavy atom. The van der Waals surface area contributed by atoms with Gasteiger partial charge in [-0.05, 0) is 39.5 Å². The van der Waals surface area contributed by atoms with Gasteiger partial charge in [0.1, 0.15) is 12.6 Å². The highest BCUT2D eigenvalue weighted by atomic mass is 31.2. The number of likely N-dealkylation sites (N-methyl/N-ethyl adjacent to an activating group) is 1. The van der Waals surface area contributed by atoms with E-state index >= 15 is 0 Å². The fourth-order valence-corrected chi connectivity index (χ4v) is 3.94. The summed E-state index contributed by atoms with van der Waals surface area (Å²) in [7, 11) is 3.80. The number of carbonyl (C=O) groups is 1. The highest BCUT2D eigenvalue weighted by Crippen LogP contribution is 2.36. The van der Waals surface area contributed by atoms with Gasteiger partial charge in [-0.25, -0.2) is 0 Å². The van der Waals surface area contributed by atoms with E-state index in [0.29, 0.717) is 17.6 Å². The molecule has 0 aromatic carbocycles. The van der Waals surface area contributed by atoms with Gasteiger partial charge in [-0.1, -0.05) is 39.0 Å². The molecule has 0 aliphatic heterocycles. The lowest BCUT2D eigenvalue weighted by Gasteiger charge is -2.29. The van der Waals surface area contributed by atoms with Crippen LogP contribution >= 0.6 is 8.60 Å². The number of unbranched alkanes of at least 4 members (excludes halogenated alkanes) is 6. The standard InChI is InChI=1S/C22H46NO6P.H2O/c1-7-8-9-10-12-15-22(2,3)27-16-13-11-14-17-28-30(26)29-20(18-21(24)25)19-23(4,5)6;/h20,26H,7-19H2,1-6H3;1H2/t20?,30-;/m0./s1. The zero-order valence-corrected chi connectivity index (χ0v) is 21.5. The Morgan fingerprint density at radius 2 is 1.58 bits per heavy atom. The third-order valence-corrected chi connectivity index (χ3v) is 5.64. The number of rotatable bonds is 20. The van der Waals surface area contributed by atoms with Crippen molar-refractivity contribution in [3.05, 3.63) is 0 Å². The second-order valence-corrected chi connectivity index (χ2v) is 10.6. The Hall–Kier alpha value is -0.340. The predicted octanol–water partition coefficient (Wildman–Crippen LogP) is 4.94. The normalized spacial score (nSPS) is 14.2. The number of hydrogen-bond acceptors (Lipinski definition) is 6. The van der Waals surface area contributed by atoms with Gasteiger partial charge in [0.25, 0.3) is 0 Å². The third-order valence-electron chi connectivity index (χ3n) is 4.76. The minimum Gasteiger partial charge on any atom is -0.870 e. The minimum absolute atomic E-state index is 0. The fourth-order valence-electron chi connectivity index (χ4n) is 3.20. The van der Waals surface area contributed by atoms with Gasteiger partial charge in [0, 0.05) is 6.61 Å². The molecular formula is C22H48NO7P. The Balaban J connectivity index is 0. The molecule has 0 radical (unpaired) electrons. The molecule has 0 aromatic rings. The fraction of sp³-hybridized carbons (Fsp3) is 0.955. The van der Waals surface area contributed by atoms with Gasteiger partial charge in [0.15, 0.2) is 0 Å². The molecule has 0 aromatic heterocycles. The monoisotopic (exact) mass is 469 g/mol. The van der Waals surface area contributed by atoms with E-state index in [-0.39, 0.29) is 17.5 Å². The zero-order chi connectivity index (χ0) is 23.0. The molecule has 31 heavy (non-hydrogen) atoms. The number of carboxylic acid groups (broad SMARTS) is 1. The van der Waals surface area contributed by atoms with Crippen LogP contribution in [-0.4, -0.2) is 78.5 Å². The average molecular weight is 470 g/mol. The summed E-state index contributed by atoms with van der Waals surface area (Å²) in [6, 6.07) is 0. The molecule has 2 atom stereocenters. The first-order valence-corrected chi connectivity index (χ1v) is 12.5. The Morgan fingerprint density at radius 1 is 1.00 bits per heavy atom.